The third-order valence-corrected chi connectivity index (χ3v) is 3.92. The Balaban J connectivity index is 2.23. The minimum Gasteiger partial charge on any atom is -0.347 e. The van der Waals surface area contributed by atoms with Gasteiger partial charge in [0.05, 0.1) is 12.1 Å². The van der Waals surface area contributed by atoms with E-state index in [1.165, 1.54) is 24.6 Å². The van der Waals surface area contributed by atoms with Crippen molar-refractivity contribution in [3.8, 4) is 11.8 Å². The monoisotopic (exact) mass is 288 g/mol. The molecule has 0 aliphatic heterocycles. The lowest BCUT2D eigenvalue weighted by Gasteiger charge is -2.34. The van der Waals surface area contributed by atoms with Gasteiger partial charge in [-0.3, -0.25) is 4.79 Å². The molecule has 112 valence electrons. The maximum Gasteiger partial charge on any atom is 0.253 e. The van der Waals surface area contributed by atoms with Crippen molar-refractivity contribution in [1.29, 1.82) is 0 Å². The number of nitrogens with two attached hydrogens (primary N) is 1. The van der Waals surface area contributed by atoms with Gasteiger partial charge in [-0.2, -0.15) is 0 Å². The fourth-order valence-electron chi connectivity index (χ4n) is 2.76. The largest absolute Gasteiger partial charge is 0.347 e. The second kappa shape index (κ2) is 6.73. The van der Waals surface area contributed by atoms with Crippen molar-refractivity contribution in [2.24, 2.45) is 5.73 Å². The van der Waals surface area contributed by atoms with Gasteiger partial charge < -0.3 is 11.1 Å². The Hall–Kier alpha value is -1.86. The Bertz CT molecular complexity index is 580. The summed E-state index contributed by atoms with van der Waals surface area (Å²) in [5.74, 6) is 4.83. The first-order valence-corrected chi connectivity index (χ1v) is 7.35. The van der Waals surface area contributed by atoms with E-state index in [1.54, 1.807) is 0 Å². The van der Waals surface area contributed by atoms with Crippen LogP contribution in [0.4, 0.5) is 4.39 Å². The van der Waals surface area contributed by atoms with Crippen molar-refractivity contribution >= 4 is 5.91 Å². The number of hydrogen-bond donors (Lipinski definition) is 2. The highest BCUT2D eigenvalue weighted by Gasteiger charge is 2.29. The number of hydrogen-bond acceptors (Lipinski definition) is 2. The van der Waals surface area contributed by atoms with Crippen molar-refractivity contribution in [2.45, 2.75) is 44.6 Å². The molecule has 3 N–H and O–H groups in total. The third-order valence-electron chi connectivity index (χ3n) is 3.92. The first-order valence-electron chi connectivity index (χ1n) is 7.35. The summed E-state index contributed by atoms with van der Waals surface area (Å²) >= 11 is 0. The van der Waals surface area contributed by atoms with E-state index < -0.39 is 5.82 Å². The highest BCUT2D eigenvalue weighted by Crippen LogP contribution is 2.28. The molecule has 21 heavy (non-hydrogen) atoms. The lowest BCUT2D eigenvalue weighted by molar-refractivity contribution is 0.0882. The topological polar surface area (TPSA) is 55.1 Å². The van der Waals surface area contributed by atoms with Gasteiger partial charge in [0.15, 0.2) is 0 Å². The molecule has 0 heterocycles. The molecular formula is C17H21FN2O. The van der Waals surface area contributed by atoms with E-state index >= 15 is 0 Å². The SMILES string of the molecule is CC1(NC(=O)c2cc(F)ccc2C#CCN)CCCCC1. The van der Waals surface area contributed by atoms with E-state index in [1.807, 2.05) is 0 Å². The van der Waals surface area contributed by atoms with Gasteiger partial charge in [0.1, 0.15) is 5.82 Å². The Morgan fingerprint density at radius 2 is 2.10 bits per heavy atom. The van der Waals surface area contributed by atoms with Crippen LogP contribution < -0.4 is 11.1 Å². The summed E-state index contributed by atoms with van der Waals surface area (Å²) in [6, 6.07) is 4.07. The average molecular weight is 288 g/mol. The molecular weight excluding hydrogens is 267 g/mol. The molecule has 0 atom stereocenters. The minimum absolute atomic E-state index is 0.205. The van der Waals surface area contributed by atoms with E-state index in [4.69, 9.17) is 5.73 Å². The zero-order valence-corrected chi connectivity index (χ0v) is 12.3. The highest BCUT2D eigenvalue weighted by molar-refractivity contribution is 5.97. The number of amides is 1. The number of benzene rings is 1. The fourth-order valence-corrected chi connectivity index (χ4v) is 2.76. The van der Waals surface area contributed by atoms with Crippen LogP contribution >= 0.6 is 0 Å². The van der Waals surface area contributed by atoms with Gasteiger partial charge in [0.2, 0.25) is 0 Å². The predicted molar refractivity (Wildman–Crippen MR) is 81.3 cm³/mol. The zero-order chi connectivity index (χ0) is 15.3. The summed E-state index contributed by atoms with van der Waals surface area (Å²) in [5.41, 5.74) is 5.94. The van der Waals surface area contributed by atoms with Crippen LogP contribution in [-0.4, -0.2) is 18.0 Å². The maximum absolute atomic E-state index is 13.5. The fraction of sp³-hybridized carbons (Fsp3) is 0.471. The van der Waals surface area contributed by atoms with Crippen molar-refractivity contribution in [2.75, 3.05) is 6.54 Å². The standard InChI is InChI=1S/C17H21FN2O/c1-17(9-3-2-4-10-17)20-16(21)15-12-14(18)8-7-13(15)6-5-11-19/h7-8,12H,2-4,9-11,19H2,1H3,(H,20,21). The van der Waals surface area contributed by atoms with Gasteiger partial charge >= 0.3 is 0 Å². The number of carbonyl (C=O) groups is 1. The van der Waals surface area contributed by atoms with Crippen LogP contribution in [0, 0.1) is 17.7 Å². The molecule has 1 aliphatic carbocycles. The molecule has 1 amide bonds. The first kappa shape index (κ1) is 15.5. The van der Waals surface area contributed by atoms with Crippen molar-refractivity contribution < 1.29 is 9.18 Å². The van der Waals surface area contributed by atoms with Crippen LogP contribution in [0.2, 0.25) is 0 Å². The summed E-state index contributed by atoms with van der Waals surface area (Å²) in [7, 11) is 0. The van der Waals surface area contributed by atoms with Crippen molar-refractivity contribution in [3.05, 3.63) is 35.1 Å². The van der Waals surface area contributed by atoms with Crippen molar-refractivity contribution in [1.82, 2.24) is 5.32 Å². The Morgan fingerprint density at radius 3 is 2.76 bits per heavy atom. The van der Waals surface area contributed by atoms with Crippen LogP contribution in [0.3, 0.4) is 0 Å². The van der Waals surface area contributed by atoms with Crippen LogP contribution in [0.25, 0.3) is 0 Å². The van der Waals surface area contributed by atoms with Gasteiger partial charge in [-0.25, -0.2) is 4.39 Å². The highest BCUT2D eigenvalue weighted by atomic mass is 19.1. The number of carbonyl (C=O) groups excluding carboxylic acids is 1. The smallest absolute Gasteiger partial charge is 0.253 e. The average Bonchev–Trinajstić information content (AvgIpc) is 2.46. The number of halogens is 1. The van der Waals surface area contributed by atoms with E-state index in [0.29, 0.717) is 5.56 Å². The van der Waals surface area contributed by atoms with Crippen LogP contribution in [0.15, 0.2) is 18.2 Å². The van der Waals surface area contributed by atoms with Crippen LogP contribution in [0.1, 0.15) is 54.9 Å². The molecule has 1 aromatic rings. The molecule has 1 saturated carbocycles. The summed E-state index contributed by atoms with van der Waals surface area (Å²) in [4.78, 5) is 12.5. The maximum atomic E-state index is 13.5. The molecule has 1 aromatic carbocycles. The lowest BCUT2D eigenvalue weighted by atomic mass is 9.83. The minimum atomic E-state index is -0.438. The second-order valence-corrected chi connectivity index (χ2v) is 5.77. The number of rotatable bonds is 2. The van der Waals surface area contributed by atoms with Gasteiger partial charge in [-0.15, -0.1) is 0 Å². The zero-order valence-electron chi connectivity index (χ0n) is 12.3. The Morgan fingerprint density at radius 1 is 1.38 bits per heavy atom. The molecule has 3 nitrogen and oxygen atoms in total. The van der Waals surface area contributed by atoms with Gasteiger partial charge in [0, 0.05) is 11.1 Å². The van der Waals surface area contributed by atoms with Crippen molar-refractivity contribution in [3.63, 3.8) is 0 Å². The first-order chi connectivity index (χ1) is 10.0. The Labute approximate surface area is 125 Å². The lowest BCUT2D eigenvalue weighted by Crippen LogP contribution is -2.47. The molecule has 0 spiro atoms. The summed E-state index contributed by atoms with van der Waals surface area (Å²) in [6.07, 6.45) is 5.34. The van der Waals surface area contributed by atoms with E-state index in [0.717, 1.165) is 25.7 Å². The van der Waals surface area contributed by atoms with Gasteiger partial charge in [-0.1, -0.05) is 31.1 Å². The van der Waals surface area contributed by atoms with E-state index in [2.05, 4.69) is 24.1 Å². The summed E-state index contributed by atoms with van der Waals surface area (Å²) < 4.78 is 13.5. The van der Waals surface area contributed by atoms with Gasteiger partial charge in [-0.05, 0) is 38.0 Å². The van der Waals surface area contributed by atoms with Gasteiger partial charge in [0.25, 0.3) is 5.91 Å². The molecule has 0 bridgehead atoms. The summed E-state index contributed by atoms with van der Waals surface area (Å²) in [6.45, 7) is 2.25. The molecule has 0 aromatic heterocycles. The van der Waals surface area contributed by atoms with Crippen LogP contribution in [0.5, 0.6) is 0 Å². The molecule has 2 rings (SSSR count). The van der Waals surface area contributed by atoms with E-state index in [9.17, 15) is 9.18 Å². The molecule has 0 radical (unpaired) electrons. The second-order valence-electron chi connectivity index (χ2n) is 5.77. The molecule has 0 unspecified atom stereocenters. The molecule has 1 aliphatic rings. The normalized spacial score (nSPS) is 16.7. The molecule has 1 fully saturated rings. The molecule has 0 saturated heterocycles. The third kappa shape index (κ3) is 4.05. The quantitative estimate of drug-likeness (QED) is 0.822. The predicted octanol–water partition coefficient (Wildman–Crippen LogP) is 2.59. The number of nitrogens with one attached hydrogen (secondary N) is 1. The Kier molecular flexibility index (Phi) is 4.98. The molecule has 4 heteroatoms. The van der Waals surface area contributed by atoms with Crippen LogP contribution in [-0.2, 0) is 0 Å². The summed E-state index contributed by atoms with van der Waals surface area (Å²) in [5, 5.41) is 3.05. The van der Waals surface area contributed by atoms with E-state index in [-0.39, 0.29) is 23.6 Å².